The summed E-state index contributed by atoms with van der Waals surface area (Å²) in [4.78, 5) is 12.3. The van der Waals surface area contributed by atoms with Gasteiger partial charge >= 0.3 is 0 Å². The van der Waals surface area contributed by atoms with E-state index in [0.29, 0.717) is 40.5 Å². The topological polar surface area (TPSA) is 78.4 Å². The Kier molecular flexibility index (Phi) is 5.48. The molecule has 1 fully saturated rings. The fraction of sp³-hybridized carbons (Fsp3) is 0.391. The summed E-state index contributed by atoms with van der Waals surface area (Å²) >= 11 is 0. The van der Waals surface area contributed by atoms with Gasteiger partial charge in [-0.1, -0.05) is 24.3 Å². The van der Waals surface area contributed by atoms with E-state index in [1.807, 2.05) is 18.2 Å². The van der Waals surface area contributed by atoms with E-state index in [9.17, 15) is 13.7 Å². The van der Waals surface area contributed by atoms with Crippen LogP contribution in [0.3, 0.4) is 0 Å². The second kappa shape index (κ2) is 8.42. The van der Waals surface area contributed by atoms with E-state index in [1.54, 1.807) is 12.1 Å². The van der Waals surface area contributed by atoms with Gasteiger partial charge in [-0.3, -0.25) is 4.21 Å². The van der Waals surface area contributed by atoms with Gasteiger partial charge in [-0.25, -0.2) is 9.37 Å². The van der Waals surface area contributed by atoms with Crippen LogP contribution in [0.15, 0.2) is 53.2 Å². The molecular formula is C23H25FN4O2S. The lowest BCUT2D eigenvalue weighted by atomic mass is 9.89. The number of rotatable bonds is 4. The lowest BCUT2D eigenvalue weighted by Gasteiger charge is -2.33. The van der Waals surface area contributed by atoms with Gasteiger partial charge in [-0.15, -0.1) is 0 Å². The minimum Gasteiger partial charge on any atom is -0.508 e. The minimum atomic E-state index is -1.13. The van der Waals surface area contributed by atoms with Crippen LogP contribution in [0.2, 0.25) is 0 Å². The number of hydrogen-bond acceptors (Lipinski definition) is 6. The maximum absolute atomic E-state index is 13.7. The Morgan fingerprint density at radius 2 is 2.06 bits per heavy atom. The van der Waals surface area contributed by atoms with Crippen LogP contribution in [0.25, 0.3) is 0 Å². The predicted octanol–water partition coefficient (Wildman–Crippen LogP) is 3.82. The van der Waals surface area contributed by atoms with Crippen molar-refractivity contribution >= 4 is 22.6 Å². The van der Waals surface area contributed by atoms with Crippen LogP contribution in [-0.4, -0.2) is 44.2 Å². The third-order valence-electron chi connectivity index (χ3n) is 6.15. The van der Waals surface area contributed by atoms with Gasteiger partial charge in [0.1, 0.15) is 22.3 Å². The second-order valence-corrected chi connectivity index (χ2v) is 9.76. The quantitative estimate of drug-likeness (QED) is 0.753. The number of aryl methyl sites for hydroxylation is 1. The number of anilines is 2. The largest absolute Gasteiger partial charge is 0.508 e. The molecule has 2 atom stereocenters. The molecule has 1 aromatic carbocycles. The number of nitrogens with zero attached hydrogens (tertiary/aromatic N) is 3. The monoisotopic (exact) mass is 440 g/mol. The second-order valence-electron chi connectivity index (χ2n) is 8.26. The first-order chi connectivity index (χ1) is 15.1. The van der Waals surface area contributed by atoms with Crippen molar-refractivity contribution < 1.29 is 13.7 Å². The van der Waals surface area contributed by atoms with Crippen molar-refractivity contribution in [2.24, 2.45) is 0 Å². The van der Waals surface area contributed by atoms with E-state index in [0.717, 1.165) is 37.2 Å². The van der Waals surface area contributed by atoms with Gasteiger partial charge < -0.3 is 15.3 Å². The molecule has 1 aromatic heterocycles. The van der Waals surface area contributed by atoms with Crippen molar-refractivity contribution in [2.45, 2.75) is 42.5 Å². The SMILES string of the molecule is O=S1CCc2nc(N3CCC(c4cccc(O)c4)CC3)nc(NC3C=CC=C(F)C3)c21. The first-order valence-electron chi connectivity index (χ1n) is 10.7. The van der Waals surface area contributed by atoms with Crippen LogP contribution in [-0.2, 0) is 17.2 Å². The van der Waals surface area contributed by atoms with Crippen LogP contribution in [0.5, 0.6) is 5.75 Å². The van der Waals surface area contributed by atoms with Crippen molar-refractivity contribution in [3.8, 4) is 5.75 Å². The molecular weight excluding hydrogens is 415 g/mol. The fourth-order valence-electron chi connectivity index (χ4n) is 4.53. The minimum absolute atomic E-state index is 0.180. The van der Waals surface area contributed by atoms with E-state index in [-0.39, 0.29) is 18.3 Å². The number of fused-ring (bicyclic) bond motifs is 1. The highest BCUT2D eigenvalue weighted by molar-refractivity contribution is 7.85. The Bertz CT molecular complexity index is 1080. The zero-order valence-corrected chi connectivity index (χ0v) is 17.9. The Labute approximate surface area is 183 Å². The zero-order valence-electron chi connectivity index (χ0n) is 17.1. The summed E-state index contributed by atoms with van der Waals surface area (Å²) in [6.07, 6.45) is 7.87. The molecule has 31 heavy (non-hydrogen) atoms. The van der Waals surface area contributed by atoms with Crippen LogP contribution in [0.4, 0.5) is 16.2 Å². The molecule has 1 saturated heterocycles. The Balaban J connectivity index is 1.36. The summed E-state index contributed by atoms with van der Waals surface area (Å²) in [5, 5.41) is 13.1. The van der Waals surface area contributed by atoms with Crippen LogP contribution >= 0.6 is 0 Å². The standard InChI is InChI=1S/C23H25FN4O2S/c24-17-4-2-5-18(14-17)25-22-21-20(9-12-31(21)30)26-23(27-22)28-10-7-15(8-11-28)16-3-1-6-19(29)13-16/h1-6,13,15,18,29H,7-12,14H2,(H,25,26,27). The smallest absolute Gasteiger partial charge is 0.227 e. The molecule has 2 N–H and O–H groups in total. The molecule has 3 aliphatic rings. The van der Waals surface area contributed by atoms with Gasteiger partial charge in [0.25, 0.3) is 0 Å². The third kappa shape index (κ3) is 4.21. The lowest BCUT2D eigenvalue weighted by Crippen LogP contribution is -2.34. The molecule has 0 saturated carbocycles. The highest BCUT2D eigenvalue weighted by Crippen LogP contribution is 2.34. The molecule has 3 heterocycles. The first kappa shape index (κ1) is 20.2. The van der Waals surface area contributed by atoms with Crippen LogP contribution in [0.1, 0.15) is 36.4 Å². The molecule has 0 radical (unpaired) electrons. The van der Waals surface area contributed by atoms with E-state index in [1.165, 1.54) is 6.08 Å². The molecule has 8 heteroatoms. The highest BCUT2D eigenvalue weighted by atomic mass is 32.2. The summed E-state index contributed by atoms with van der Waals surface area (Å²) in [5.74, 6) is 2.27. The summed E-state index contributed by atoms with van der Waals surface area (Å²) in [6, 6.07) is 7.27. The molecule has 6 nitrogen and oxygen atoms in total. The maximum atomic E-state index is 13.7. The Morgan fingerprint density at radius 1 is 1.23 bits per heavy atom. The number of halogens is 1. The van der Waals surface area contributed by atoms with Gasteiger partial charge in [0.15, 0.2) is 0 Å². The van der Waals surface area contributed by atoms with E-state index >= 15 is 0 Å². The van der Waals surface area contributed by atoms with Crippen molar-refractivity contribution in [1.29, 1.82) is 0 Å². The molecule has 0 amide bonds. The molecule has 162 valence electrons. The lowest BCUT2D eigenvalue weighted by molar-refractivity contribution is 0.467. The van der Waals surface area contributed by atoms with Crippen molar-refractivity contribution in [3.63, 3.8) is 0 Å². The molecule has 2 aromatic rings. The third-order valence-corrected chi connectivity index (χ3v) is 7.61. The number of nitrogens with one attached hydrogen (secondary N) is 1. The maximum Gasteiger partial charge on any atom is 0.227 e. The van der Waals surface area contributed by atoms with Gasteiger partial charge in [0.2, 0.25) is 5.95 Å². The molecule has 0 bridgehead atoms. The number of aromatic nitrogens is 2. The average Bonchev–Trinajstić information content (AvgIpc) is 3.15. The number of aromatic hydroxyl groups is 1. The summed E-state index contributed by atoms with van der Waals surface area (Å²) in [7, 11) is -1.13. The zero-order chi connectivity index (χ0) is 21.4. The van der Waals surface area contributed by atoms with E-state index in [2.05, 4.69) is 16.3 Å². The van der Waals surface area contributed by atoms with Crippen LogP contribution in [0, 0.1) is 0 Å². The Morgan fingerprint density at radius 3 is 2.84 bits per heavy atom. The number of hydrogen-bond donors (Lipinski definition) is 2. The van der Waals surface area contributed by atoms with Crippen LogP contribution < -0.4 is 10.2 Å². The van der Waals surface area contributed by atoms with Gasteiger partial charge in [-0.2, -0.15) is 4.98 Å². The summed E-state index contributed by atoms with van der Waals surface area (Å²) in [6.45, 7) is 1.62. The number of phenols is 1. The fourth-order valence-corrected chi connectivity index (χ4v) is 5.84. The highest BCUT2D eigenvalue weighted by Gasteiger charge is 2.30. The summed E-state index contributed by atoms with van der Waals surface area (Å²) < 4.78 is 26.3. The first-order valence-corrected chi connectivity index (χ1v) is 12.0. The average molecular weight is 441 g/mol. The summed E-state index contributed by atoms with van der Waals surface area (Å²) in [5.41, 5.74) is 1.99. The number of allylic oxidation sites excluding steroid dienone is 2. The van der Waals surface area contributed by atoms with Gasteiger partial charge in [0.05, 0.1) is 22.5 Å². The Hall–Kier alpha value is -2.74. The van der Waals surface area contributed by atoms with Crippen molar-refractivity contribution in [2.75, 3.05) is 29.1 Å². The van der Waals surface area contributed by atoms with Gasteiger partial charge in [0, 0.05) is 31.7 Å². The number of benzene rings is 1. The number of piperidine rings is 1. The molecule has 2 aliphatic heterocycles. The molecule has 0 spiro atoms. The van der Waals surface area contributed by atoms with E-state index < -0.39 is 10.8 Å². The molecule has 2 unspecified atom stereocenters. The normalized spacial score (nSPS) is 23.5. The number of phenolic OH excluding ortho intramolecular Hbond substituents is 1. The molecule has 1 aliphatic carbocycles. The van der Waals surface area contributed by atoms with Crippen molar-refractivity contribution in [1.82, 2.24) is 9.97 Å². The van der Waals surface area contributed by atoms with Gasteiger partial charge in [-0.05, 0) is 42.5 Å². The predicted molar refractivity (Wildman–Crippen MR) is 120 cm³/mol. The molecule has 5 rings (SSSR count). The van der Waals surface area contributed by atoms with Crippen molar-refractivity contribution in [3.05, 3.63) is 59.6 Å². The van der Waals surface area contributed by atoms with E-state index in [4.69, 9.17) is 9.97 Å².